The van der Waals surface area contributed by atoms with Gasteiger partial charge in [-0.15, -0.1) is 0 Å². The number of hydrogen-bond donors (Lipinski definition) is 7. The van der Waals surface area contributed by atoms with Crippen LogP contribution in [0.25, 0.3) is 0 Å². The van der Waals surface area contributed by atoms with Gasteiger partial charge in [-0.3, -0.25) is 0 Å². The minimum absolute atomic E-state index is 0.405. The monoisotopic (exact) mass is 680 g/mol. The van der Waals surface area contributed by atoms with Crippen molar-refractivity contribution in [3.05, 3.63) is 0 Å². The minimum Gasteiger partial charge on any atom is -0.394 e. The molecule has 0 aliphatic carbocycles. The summed E-state index contributed by atoms with van der Waals surface area (Å²) in [6.07, 6.45) is -37.1. The second-order valence-corrected chi connectivity index (χ2v) is 10.1. The molecule has 2 heterocycles. The molecular weight excluding hydrogens is 649 g/mol. The van der Waals surface area contributed by atoms with Gasteiger partial charge in [0.25, 0.3) is 0 Å². The first-order chi connectivity index (χ1) is 20.0. The van der Waals surface area contributed by atoms with E-state index >= 15 is 0 Å². The Kier molecular flexibility index (Phi) is 12.6. The average Bonchev–Trinajstić information content (AvgIpc) is 2.92. The molecule has 0 aromatic heterocycles. The third-order valence-electron chi connectivity index (χ3n) is 7.05. The van der Waals surface area contributed by atoms with Crippen molar-refractivity contribution in [1.29, 1.82) is 0 Å². The van der Waals surface area contributed by atoms with E-state index in [1.54, 1.807) is 0 Å². The number of unbranched alkanes of at least 4 members (excludes halogenated alkanes) is 2. The molecule has 2 aliphatic rings. The molecule has 2 fully saturated rings. The fourth-order valence-electron chi connectivity index (χ4n) is 4.44. The molecule has 0 spiro atoms. The zero-order valence-electron chi connectivity index (χ0n) is 22.1. The second-order valence-electron chi connectivity index (χ2n) is 10.1. The quantitative estimate of drug-likeness (QED) is 0.105. The van der Waals surface area contributed by atoms with Crippen LogP contribution in [0.1, 0.15) is 25.7 Å². The molecule has 11 nitrogen and oxygen atoms in total. The lowest BCUT2D eigenvalue weighted by molar-refractivity contribution is -0.427. The first-order valence-electron chi connectivity index (χ1n) is 12.8. The Morgan fingerprint density at radius 1 is 0.568 bits per heavy atom. The number of rotatable bonds is 13. The van der Waals surface area contributed by atoms with Crippen LogP contribution in [-0.2, 0) is 18.9 Å². The largest absolute Gasteiger partial charge is 0.438 e. The van der Waals surface area contributed by atoms with Crippen molar-refractivity contribution >= 4 is 0 Å². The summed E-state index contributed by atoms with van der Waals surface area (Å²) in [5.41, 5.74) is -7.54. The smallest absolute Gasteiger partial charge is 0.394 e. The average molecular weight is 680 g/mol. The fraction of sp³-hybridized carbons (Fsp3) is 1.00. The maximum Gasteiger partial charge on any atom is 0.438 e. The molecular formula is C22H31F11O11. The Hall–Kier alpha value is -1.21. The van der Waals surface area contributed by atoms with E-state index in [4.69, 9.17) is 18.9 Å². The van der Waals surface area contributed by atoms with Crippen molar-refractivity contribution in [2.75, 3.05) is 19.8 Å². The first-order valence-corrected chi connectivity index (χ1v) is 12.8. The summed E-state index contributed by atoms with van der Waals surface area (Å²) < 4.78 is 165. The maximum atomic E-state index is 13.8. The fourth-order valence-corrected chi connectivity index (χ4v) is 4.44. The summed E-state index contributed by atoms with van der Waals surface area (Å²) in [4.78, 5) is 0. The standard InChI is InChI=1S/C22H31F11O11/c23-18(24,20(26,27)19(25,21(28,29)30)22(31,32)33)4-2-1-3-5-41-16-14(40)12(38)15(9(7-35)43-16)44-17-13(39)11(37)10(36)8(6-34)42-17/h8-17,34-40H,1-7H2/t8-,9+,10-,11+,12+,13-,14+,15+,16+,17-/m1/s1. The first kappa shape index (κ1) is 39.0. The number of aliphatic hydroxyl groups excluding tert-OH is 7. The van der Waals surface area contributed by atoms with Gasteiger partial charge in [-0.1, -0.05) is 6.42 Å². The molecule has 0 radical (unpaired) electrons. The zero-order chi connectivity index (χ0) is 34.1. The van der Waals surface area contributed by atoms with E-state index in [2.05, 4.69) is 0 Å². The van der Waals surface area contributed by atoms with E-state index in [-0.39, 0.29) is 0 Å². The molecule has 10 atom stereocenters. The molecule has 22 heteroatoms. The van der Waals surface area contributed by atoms with Crippen molar-refractivity contribution < 1.29 is 103 Å². The normalized spacial score (nSPS) is 34.8. The summed E-state index contributed by atoms with van der Waals surface area (Å²) in [5.74, 6) is -13.3. The topological polar surface area (TPSA) is 179 Å². The number of ether oxygens (including phenoxy) is 4. The van der Waals surface area contributed by atoms with Crippen LogP contribution in [0.5, 0.6) is 0 Å². The highest BCUT2D eigenvalue weighted by atomic mass is 19.4. The van der Waals surface area contributed by atoms with Crippen LogP contribution in [0.2, 0.25) is 0 Å². The van der Waals surface area contributed by atoms with Crippen LogP contribution in [0.3, 0.4) is 0 Å². The number of halogens is 11. The maximum absolute atomic E-state index is 13.8. The highest BCUT2D eigenvalue weighted by Gasteiger charge is 2.89. The summed E-state index contributed by atoms with van der Waals surface area (Å²) in [6.45, 7) is -2.37. The van der Waals surface area contributed by atoms with Gasteiger partial charge in [0.2, 0.25) is 0 Å². The van der Waals surface area contributed by atoms with Crippen molar-refractivity contribution in [1.82, 2.24) is 0 Å². The molecule has 2 aliphatic heterocycles. The van der Waals surface area contributed by atoms with Crippen molar-refractivity contribution in [3.8, 4) is 0 Å². The minimum atomic E-state index is -7.54. The molecule has 262 valence electrons. The van der Waals surface area contributed by atoms with Crippen molar-refractivity contribution in [2.24, 2.45) is 0 Å². The van der Waals surface area contributed by atoms with E-state index < -0.39 is 137 Å². The second kappa shape index (κ2) is 14.3. The highest BCUT2D eigenvalue weighted by molar-refractivity contribution is 5.11. The Labute approximate surface area is 240 Å². The van der Waals surface area contributed by atoms with Gasteiger partial charge in [-0.05, 0) is 12.8 Å². The van der Waals surface area contributed by atoms with Gasteiger partial charge in [0.15, 0.2) is 12.6 Å². The number of alkyl halides is 11. The molecule has 2 saturated heterocycles. The molecule has 2 rings (SSSR count). The summed E-state index contributed by atoms with van der Waals surface area (Å²) in [6, 6.07) is 0. The Balaban J connectivity index is 1.93. The van der Waals surface area contributed by atoms with E-state index in [0.29, 0.717) is 0 Å². The summed E-state index contributed by atoms with van der Waals surface area (Å²) in [7, 11) is 0. The predicted molar refractivity (Wildman–Crippen MR) is 117 cm³/mol. The molecule has 0 bridgehead atoms. The SMILES string of the molecule is OC[C@@H]1O[C@H](OCCCCCC(F)(F)C(F)(F)C(F)(C(F)(F)F)C(F)(F)F)[C@@H](O)[C@H](O)[C@H]1O[C@H]1O[C@H](CO)[C@@H](O)[C@H](O)[C@H]1O. The van der Waals surface area contributed by atoms with Gasteiger partial charge in [0.1, 0.15) is 48.8 Å². The van der Waals surface area contributed by atoms with Crippen molar-refractivity contribution in [3.63, 3.8) is 0 Å². The Bertz CT molecular complexity index is 892. The van der Waals surface area contributed by atoms with Crippen molar-refractivity contribution in [2.45, 2.75) is 117 Å². The lowest BCUT2D eigenvalue weighted by Gasteiger charge is -2.45. The van der Waals surface area contributed by atoms with Gasteiger partial charge < -0.3 is 54.7 Å². The lowest BCUT2D eigenvalue weighted by atomic mass is 9.88. The summed E-state index contributed by atoms with van der Waals surface area (Å²) >= 11 is 0. The van der Waals surface area contributed by atoms with E-state index in [1.807, 2.05) is 0 Å². The predicted octanol–water partition coefficient (Wildman–Crippen LogP) is 0.291. The number of aliphatic hydroxyl groups is 7. The third kappa shape index (κ3) is 7.50. The van der Waals surface area contributed by atoms with Crippen LogP contribution in [0.4, 0.5) is 48.3 Å². The van der Waals surface area contributed by atoms with E-state index in [1.165, 1.54) is 0 Å². The highest BCUT2D eigenvalue weighted by Crippen LogP contribution is 2.60. The number of hydrogen-bond acceptors (Lipinski definition) is 11. The molecule has 0 aromatic carbocycles. The van der Waals surface area contributed by atoms with Crippen LogP contribution < -0.4 is 0 Å². The lowest BCUT2D eigenvalue weighted by Crippen LogP contribution is -2.70. The van der Waals surface area contributed by atoms with Gasteiger partial charge >= 0.3 is 29.9 Å². The van der Waals surface area contributed by atoms with Crippen LogP contribution in [0, 0.1) is 0 Å². The summed E-state index contributed by atoms with van der Waals surface area (Å²) in [5, 5.41) is 69.4. The van der Waals surface area contributed by atoms with Gasteiger partial charge in [-0.25, -0.2) is 4.39 Å². The molecule has 44 heavy (non-hydrogen) atoms. The van der Waals surface area contributed by atoms with Gasteiger partial charge in [0.05, 0.1) is 13.2 Å². The van der Waals surface area contributed by atoms with Crippen LogP contribution in [-0.4, -0.2) is 147 Å². The molecule has 0 aromatic rings. The third-order valence-corrected chi connectivity index (χ3v) is 7.05. The van der Waals surface area contributed by atoms with E-state index in [9.17, 15) is 84.0 Å². The van der Waals surface area contributed by atoms with Crippen LogP contribution >= 0.6 is 0 Å². The van der Waals surface area contributed by atoms with Gasteiger partial charge in [-0.2, -0.15) is 43.9 Å². The van der Waals surface area contributed by atoms with Crippen LogP contribution in [0.15, 0.2) is 0 Å². The molecule has 0 unspecified atom stereocenters. The molecule has 0 saturated carbocycles. The zero-order valence-corrected chi connectivity index (χ0v) is 22.1. The molecule has 7 N–H and O–H groups in total. The Morgan fingerprint density at radius 2 is 1.07 bits per heavy atom. The Morgan fingerprint density at radius 3 is 1.57 bits per heavy atom. The van der Waals surface area contributed by atoms with Gasteiger partial charge in [0, 0.05) is 13.0 Å². The molecule has 0 amide bonds. The van der Waals surface area contributed by atoms with E-state index in [0.717, 1.165) is 0 Å².